The summed E-state index contributed by atoms with van der Waals surface area (Å²) >= 11 is 6.12. The van der Waals surface area contributed by atoms with E-state index in [-0.39, 0.29) is 5.41 Å². The minimum absolute atomic E-state index is 0.121. The smallest absolute Gasteiger partial charge is 0.136 e. The fourth-order valence-corrected chi connectivity index (χ4v) is 2.91. The first-order chi connectivity index (χ1) is 8.11. The molecule has 1 aliphatic heterocycles. The Morgan fingerprint density at radius 3 is 2.88 bits per heavy atom. The van der Waals surface area contributed by atoms with Gasteiger partial charge in [0.05, 0.1) is 6.61 Å². The number of benzene rings is 1. The summed E-state index contributed by atoms with van der Waals surface area (Å²) in [6.45, 7) is 2.42. The lowest BCUT2D eigenvalue weighted by molar-refractivity contribution is -0.121. The van der Waals surface area contributed by atoms with E-state index in [1.807, 2.05) is 12.1 Å². The topological polar surface area (TPSA) is 26.3 Å². The van der Waals surface area contributed by atoms with E-state index in [9.17, 15) is 4.79 Å². The molecule has 0 radical (unpaired) electrons. The molecule has 3 rings (SSSR count). The van der Waals surface area contributed by atoms with Crippen LogP contribution in [-0.2, 0) is 17.6 Å². The Morgan fingerprint density at radius 2 is 2.24 bits per heavy atom. The number of ketones is 1. The fourth-order valence-electron chi connectivity index (χ4n) is 2.65. The maximum Gasteiger partial charge on any atom is 0.136 e. The first kappa shape index (κ1) is 11.1. The molecule has 0 atom stereocenters. The molecule has 0 saturated heterocycles. The predicted octanol–water partition coefficient (Wildman–Crippen LogP) is 3.19. The highest BCUT2D eigenvalue weighted by atomic mass is 35.5. The van der Waals surface area contributed by atoms with Gasteiger partial charge in [-0.1, -0.05) is 11.6 Å². The van der Waals surface area contributed by atoms with Crippen molar-refractivity contribution in [3.05, 3.63) is 28.3 Å². The van der Waals surface area contributed by atoms with Crippen molar-refractivity contribution < 1.29 is 9.53 Å². The van der Waals surface area contributed by atoms with E-state index in [2.05, 4.69) is 0 Å². The van der Waals surface area contributed by atoms with E-state index >= 15 is 0 Å². The molecule has 0 N–H and O–H groups in total. The molecule has 0 amide bonds. The van der Waals surface area contributed by atoms with Crippen molar-refractivity contribution in [2.75, 3.05) is 6.61 Å². The van der Waals surface area contributed by atoms with E-state index in [0.717, 1.165) is 48.6 Å². The molecule has 0 unspecified atom stereocenters. The number of fused-ring (bicyclic) bond motifs is 1. The van der Waals surface area contributed by atoms with Gasteiger partial charge < -0.3 is 4.74 Å². The maximum absolute atomic E-state index is 11.6. The third kappa shape index (κ3) is 1.85. The lowest BCUT2D eigenvalue weighted by atomic mass is 9.91. The van der Waals surface area contributed by atoms with Gasteiger partial charge in [0, 0.05) is 16.9 Å². The molecule has 1 aliphatic carbocycles. The number of Topliss-reactive ketones (excluding diaryl/α,β-unsaturated/α-hetero) is 1. The van der Waals surface area contributed by atoms with Crippen molar-refractivity contribution in [1.82, 2.24) is 0 Å². The Balaban J connectivity index is 1.96. The van der Waals surface area contributed by atoms with Gasteiger partial charge in [-0.2, -0.15) is 0 Å². The van der Waals surface area contributed by atoms with E-state index in [1.165, 1.54) is 5.56 Å². The number of carbonyl (C=O) groups is 1. The molecular formula is C14H15ClO2. The van der Waals surface area contributed by atoms with E-state index in [4.69, 9.17) is 16.3 Å². The normalized spacial score (nSPS) is 19.6. The molecule has 1 saturated carbocycles. The predicted molar refractivity (Wildman–Crippen MR) is 66.7 cm³/mol. The Kier molecular flexibility index (Phi) is 2.44. The maximum atomic E-state index is 11.6. The van der Waals surface area contributed by atoms with Crippen molar-refractivity contribution in [2.24, 2.45) is 5.41 Å². The van der Waals surface area contributed by atoms with Gasteiger partial charge in [-0.3, -0.25) is 4.79 Å². The Labute approximate surface area is 106 Å². The lowest BCUT2D eigenvalue weighted by Crippen LogP contribution is -2.15. The van der Waals surface area contributed by atoms with Crippen LogP contribution < -0.4 is 4.74 Å². The van der Waals surface area contributed by atoms with Crippen LogP contribution in [0.15, 0.2) is 12.1 Å². The zero-order valence-electron chi connectivity index (χ0n) is 9.88. The number of rotatable bonds is 3. The molecule has 0 bridgehead atoms. The summed E-state index contributed by atoms with van der Waals surface area (Å²) in [7, 11) is 0. The van der Waals surface area contributed by atoms with Gasteiger partial charge in [0.1, 0.15) is 11.5 Å². The fraction of sp³-hybridized carbons (Fsp3) is 0.500. The van der Waals surface area contributed by atoms with Crippen molar-refractivity contribution in [2.45, 2.75) is 32.6 Å². The monoisotopic (exact) mass is 250 g/mol. The van der Waals surface area contributed by atoms with Crippen LogP contribution in [0.25, 0.3) is 0 Å². The van der Waals surface area contributed by atoms with Crippen LogP contribution in [-0.4, -0.2) is 12.4 Å². The van der Waals surface area contributed by atoms with E-state index < -0.39 is 0 Å². The molecule has 1 aromatic carbocycles. The first-order valence-corrected chi connectivity index (χ1v) is 6.44. The zero-order valence-corrected chi connectivity index (χ0v) is 10.6. The second-order valence-corrected chi connectivity index (χ2v) is 5.60. The summed E-state index contributed by atoms with van der Waals surface area (Å²) in [6, 6.07) is 3.93. The minimum Gasteiger partial charge on any atom is -0.493 e. The minimum atomic E-state index is -0.121. The standard InChI is InChI=1S/C14H15ClO2/c1-9(16)14(3-4-14)8-11-7-12(15)6-10-2-5-17-13(10)11/h6-7H,2-5,8H2,1H3. The van der Waals surface area contributed by atoms with Crippen molar-refractivity contribution in [3.8, 4) is 5.75 Å². The molecule has 0 spiro atoms. The van der Waals surface area contributed by atoms with Crippen LogP contribution in [0.5, 0.6) is 5.75 Å². The third-order valence-corrected chi connectivity index (χ3v) is 4.17. The van der Waals surface area contributed by atoms with E-state index in [1.54, 1.807) is 6.92 Å². The molecule has 0 aromatic heterocycles. The van der Waals surface area contributed by atoms with Gasteiger partial charge in [-0.15, -0.1) is 0 Å². The Morgan fingerprint density at radius 1 is 1.47 bits per heavy atom. The van der Waals surface area contributed by atoms with Crippen molar-refractivity contribution in [3.63, 3.8) is 0 Å². The van der Waals surface area contributed by atoms with Gasteiger partial charge >= 0.3 is 0 Å². The molecule has 90 valence electrons. The van der Waals surface area contributed by atoms with Gasteiger partial charge in [0.25, 0.3) is 0 Å². The second kappa shape index (κ2) is 3.74. The summed E-state index contributed by atoms with van der Waals surface area (Å²) in [5.74, 6) is 1.27. The van der Waals surface area contributed by atoms with Crippen LogP contribution >= 0.6 is 11.6 Å². The summed E-state index contributed by atoms with van der Waals surface area (Å²) in [4.78, 5) is 11.6. The summed E-state index contributed by atoms with van der Waals surface area (Å²) in [5, 5.41) is 0.753. The molecule has 1 fully saturated rings. The summed E-state index contributed by atoms with van der Waals surface area (Å²) in [5.41, 5.74) is 2.18. The van der Waals surface area contributed by atoms with Gasteiger partial charge in [0.2, 0.25) is 0 Å². The molecule has 1 heterocycles. The van der Waals surface area contributed by atoms with Crippen molar-refractivity contribution >= 4 is 17.4 Å². The number of carbonyl (C=O) groups excluding carboxylic acids is 1. The van der Waals surface area contributed by atoms with E-state index in [0.29, 0.717) is 5.78 Å². The average Bonchev–Trinajstić information content (AvgIpc) is 2.88. The Hall–Kier alpha value is -1.02. The highest BCUT2D eigenvalue weighted by Gasteiger charge is 2.47. The zero-order chi connectivity index (χ0) is 12.0. The molecule has 3 heteroatoms. The number of ether oxygens (including phenoxy) is 1. The van der Waals surface area contributed by atoms with Crippen molar-refractivity contribution in [1.29, 1.82) is 0 Å². The average molecular weight is 251 g/mol. The van der Waals surface area contributed by atoms with Crippen LogP contribution in [0.3, 0.4) is 0 Å². The highest BCUT2D eigenvalue weighted by molar-refractivity contribution is 6.30. The molecule has 2 aliphatic rings. The van der Waals surface area contributed by atoms with Crippen LogP contribution in [0.2, 0.25) is 5.02 Å². The molecule has 17 heavy (non-hydrogen) atoms. The SMILES string of the molecule is CC(=O)C1(Cc2cc(Cl)cc3c2OCC3)CC1. The van der Waals surface area contributed by atoms with Crippen LogP contribution in [0, 0.1) is 5.41 Å². The molecular weight excluding hydrogens is 236 g/mol. The number of hydrogen-bond acceptors (Lipinski definition) is 2. The number of halogens is 1. The quantitative estimate of drug-likeness (QED) is 0.824. The highest BCUT2D eigenvalue weighted by Crippen LogP contribution is 2.51. The molecule has 2 nitrogen and oxygen atoms in total. The molecule has 1 aromatic rings. The Bertz CT molecular complexity index is 489. The number of hydrogen-bond donors (Lipinski definition) is 0. The first-order valence-electron chi connectivity index (χ1n) is 6.06. The third-order valence-electron chi connectivity index (χ3n) is 3.95. The van der Waals surface area contributed by atoms with Gasteiger partial charge in [-0.25, -0.2) is 0 Å². The largest absolute Gasteiger partial charge is 0.493 e. The van der Waals surface area contributed by atoms with Gasteiger partial charge in [-0.05, 0) is 49.4 Å². The lowest BCUT2D eigenvalue weighted by Gasteiger charge is -2.14. The summed E-state index contributed by atoms with van der Waals surface area (Å²) in [6.07, 6.45) is 3.72. The van der Waals surface area contributed by atoms with Crippen LogP contribution in [0.1, 0.15) is 30.9 Å². The van der Waals surface area contributed by atoms with Gasteiger partial charge in [0.15, 0.2) is 0 Å². The summed E-state index contributed by atoms with van der Waals surface area (Å²) < 4.78 is 5.67. The second-order valence-electron chi connectivity index (χ2n) is 5.16. The van der Waals surface area contributed by atoms with Crippen LogP contribution in [0.4, 0.5) is 0 Å².